The molecule has 4 heteroatoms. The molecule has 0 aliphatic rings. The van der Waals surface area contributed by atoms with Crippen molar-refractivity contribution in [3.05, 3.63) is 0 Å². The molecule has 0 radical (unpaired) electrons. The largest absolute Gasteiger partial charge is 0.457 e. The van der Waals surface area contributed by atoms with Crippen LogP contribution in [0.1, 0.15) is 85.0 Å². The lowest BCUT2D eigenvalue weighted by Gasteiger charge is -2.07. The monoisotopic (exact) mass is 314 g/mol. The molecule has 0 bridgehead atoms. The molecule has 0 aliphatic carbocycles. The van der Waals surface area contributed by atoms with E-state index < -0.39 is 11.9 Å². The van der Waals surface area contributed by atoms with Crippen LogP contribution in [0.25, 0.3) is 0 Å². The van der Waals surface area contributed by atoms with Crippen LogP contribution in [0.4, 0.5) is 0 Å². The Morgan fingerprint density at radius 3 is 1.68 bits per heavy atom. The van der Waals surface area contributed by atoms with Crippen molar-refractivity contribution >= 4 is 11.9 Å². The Bertz CT molecular complexity index is 287. The van der Waals surface area contributed by atoms with Crippen molar-refractivity contribution in [3.8, 4) is 0 Å². The first-order valence-corrected chi connectivity index (χ1v) is 8.91. The van der Waals surface area contributed by atoms with Gasteiger partial charge in [0.1, 0.15) is 0 Å². The molecule has 0 rings (SSSR count). The molecule has 0 aromatic carbocycles. The molecule has 0 atom stereocenters. The minimum absolute atomic E-state index is 0.221. The zero-order valence-corrected chi connectivity index (χ0v) is 14.7. The molecule has 130 valence electrons. The van der Waals surface area contributed by atoms with Crippen LogP contribution in [0.3, 0.4) is 0 Å². The summed E-state index contributed by atoms with van der Waals surface area (Å²) in [4.78, 5) is 22.6. The van der Waals surface area contributed by atoms with Crippen LogP contribution >= 0.6 is 0 Å². The zero-order chi connectivity index (χ0) is 16.6. The average Bonchev–Trinajstić information content (AvgIpc) is 2.49. The average molecular weight is 314 g/mol. The predicted molar refractivity (Wildman–Crippen MR) is 88.6 cm³/mol. The number of carbonyl (C=O) groups is 2. The molecule has 0 fully saturated rings. The summed E-state index contributed by atoms with van der Waals surface area (Å²) in [6.07, 6.45) is 12.3. The normalized spacial score (nSPS) is 10.7. The maximum atomic E-state index is 11.3. The lowest BCUT2D eigenvalue weighted by atomic mass is 10.1. The molecular weight excluding hydrogens is 280 g/mol. The Kier molecular flexibility index (Phi) is 14.1. The Balaban J connectivity index is 3.31. The molecule has 0 unspecified atom stereocenters. The summed E-state index contributed by atoms with van der Waals surface area (Å²) in [5, 5.41) is 0. The minimum Gasteiger partial charge on any atom is -0.457 e. The lowest BCUT2D eigenvalue weighted by Crippen LogP contribution is -2.22. The summed E-state index contributed by atoms with van der Waals surface area (Å²) in [6.45, 7) is 6.64. The van der Waals surface area contributed by atoms with Crippen molar-refractivity contribution in [3.63, 3.8) is 0 Å². The van der Waals surface area contributed by atoms with Crippen LogP contribution in [0.2, 0.25) is 0 Å². The van der Waals surface area contributed by atoms with E-state index in [0.717, 1.165) is 12.8 Å². The summed E-state index contributed by atoms with van der Waals surface area (Å²) in [5.41, 5.74) is 0. The smallest absolute Gasteiger partial charge is 0.417 e. The van der Waals surface area contributed by atoms with Gasteiger partial charge >= 0.3 is 11.9 Å². The number of hydrogen-bond acceptors (Lipinski definition) is 4. The van der Waals surface area contributed by atoms with E-state index in [2.05, 4.69) is 6.92 Å². The van der Waals surface area contributed by atoms with Crippen LogP contribution < -0.4 is 0 Å². The fourth-order valence-electron chi connectivity index (χ4n) is 2.11. The van der Waals surface area contributed by atoms with Gasteiger partial charge in [-0.05, 0) is 12.3 Å². The molecule has 0 amide bonds. The van der Waals surface area contributed by atoms with Gasteiger partial charge in [0, 0.05) is 0 Å². The highest BCUT2D eigenvalue weighted by Gasteiger charge is 2.17. The summed E-state index contributed by atoms with van der Waals surface area (Å²) < 4.78 is 9.70. The van der Waals surface area contributed by atoms with Crippen molar-refractivity contribution in [1.82, 2.24) is 0 Å². The summed E-state index contributed by atoms with van der Waals surface area (Å²) in [5.74, 6) is -1.52. The Morgan fingerprint density at radius 2 is 1.18 bits per heavy atom. The van der Waals surface area contributed by atoms with Crippen LogP contribution in [0, 0.1) is 5.92 Å². The SMILES string of the molecule is CCCCCCCCCCCCOC(=O)C(=O)OCC(C)C. The van der Waals surface area contributed by atoms with Gasteiger partial charge in [-0.15, -0.1) is 0 Å². The van der Waals surface area contributed by atoms with Crippen molar-refractivity contribution in [2.45, 2.75) is 85.0 Å². The Hall–Kier alpha value is -1.06. The van der Waals surface area contributed by atoms with Gasteiger partial charge in [0.2, 0.25) is 0 Å². The van der Waals surface area contributed by atoms with Crippen molar-refractivity contribution in [1.29, 1.82) is 0 Å². The summed E-state index contributed by atoms with van der Waals surface area (Å²) in [6, 6.07) is 0. The number of ether oxygens (including phenoxy) is 2. The number of esters is 2. The van der Waals surface area contributed by atoms with Gasteiger partial charge in [-0.3, -0.25) is 0 Å². The second-order valence-corrected chi connectivity index (χ2v) is 6.31. The van der Waals surface area contributed by atoms with Gasteiger partial charge in [0.25, 0.3) is 0 Å². The molecule has 0 spiro atoms. The second-order valence-electron chi connectivity index (χ2n) is 6.31. The quantitative estimate of drug-likeness (QED) is 0.282. The fourth-order valence-corrected chi connectivity index (χ4v) is 2.11. The van der Waals surface area contributed by atoms with E-state index >= 15 is 0 Å². The molecular formula is C18H34O4. The molecule has 0 aliphatic heterocycles. The van der Waals surface area contributed by atoms with Gasteiger partial charge in [-0.2, -0.15) is 0 Å². The maximum Gasteiger partial charge on any atom is 0.417 e. The highest BCUT2D eigenvalue weighted by Crippen LogP contribution is 2.10. The minimum atomic E-state index is -0.874. The fraction of sp³-hybridized carbons (Fsp3) is 0.889. The van der Waals surface area contributed by atoms with Crippen LogP contribution in [-0.4, -0.2) is 25.2 Å². The first kappa shape index (κ1) is 20.9. The number of hydrogen-bond donors (Lipinski definition) is 0. The van der Waals surface area contributed by atoms with E-state index in [-0.39, 0.29) is 12.5 Å². The van der Waals surface area contributed by atoms with Gasteiger partial charge in [0.15, 0.2) is 0 Å². The maximum absolute atomic E-state index is 11.3. The molecule has 0 aromatic rings. The summed E-state index contributed by atoms with van der Waals surface area (Å²) >= 11 is 0. The zero-order valence-electron chi connectivity index (χ0n) is 14.7. The molecule has 0 saturated heterocycles. The summed E-state index contributed by atoms with van der Waals surface area (Å²) in [7, 11) is 0. The molecule has 0 heterocycles. The molecule has 22 heavy (non-hydrogen) atoms. The van der Waals surface area contributed by atoms with E-state index in [1.807, 2.05) is 13.8 Å². The topological polar surface area (TPSA) is 52.6 Å². The van der Waals surface area contributed by atoms with Crippen molar-refractivity contribution in [2.24, 2.45) is 5.92 Å². The van der Waals surface area contributed by atoms with Gasteiger partial charge < -0.3 is 9.47 Å². The first-order chi connectivity index (χ1) is 10.6. The molecule has 0 aromatic heterocycles. The van der Waals surface area contributed by atoms with Gasteiger partial charge in [-0.25, -0.2) is 9.59 Å². The third-order valence-corrected chi connectivity index (χ3v) is 3.45. The number of rotatable bonds is 13. The van der Waals surface area contributed by atoms with E-state index in [1.54, 1.807) is 0 Å². The van der Waals surface area contributed by atoms with Crippen LogP contribution in [0.5, 0.6) is 0 Å². The molecule has 0 N–H and O–H groups in total. The Morgan fingerprint density at radius 1 is 0.727 bits per heavy atom. The van der Waals surface area contributed by atoms with Crippen molar-refractivity contribution < 1.29 is 19.1 Å². The van der Waals surface area contributed by atoms with E-state index in [9.17, 15) is 9.59 Å². The highest BCUT2D eigenvalue weighted by atomic mass is 16.6. The van der Waals surface area contributed by atoms with E-state index in [4.69, 9.17) is 9.47 Å². The van der Waals surface area contributed by atoms with Crippen LogP contribution in [0.15, 0.2) is 0 Å². The van der Waals surface area contributed by atoms with Gasteiger partial charge in [0.05, 0.1) is 13.2 Å². The van der Waals surface area contributed by atoms with Gasteiger partial charge in [-0.1, -0.05) is 78.6 Å². The standard InChI is InChI=1S/C18H34O4/c1-4-5-6-7-8-9-10-11-12-13-14-21-17(19)18(20)22-15-16(2)3/h16H,4-15H2,1-3H3. The highest BCUT2D eigenvalue weighted by molar-refractivity contribution is 6.29. The number of carbonyl (C=O) groups excluding carboxylic acids is 2. The lowest BCUT2D eigenvalue weighted by molar-refractivity contribution is -0.168. The van der Waals surface area contributed by atoms with Crippen LogP contribution in [-0.2, 0) is 19.1 Å². The third kappa shape index (κ3) is 13.9. The molecule has 4 nitrogen and oxygen atoms in total. The second kappa shape index (κ2) is 14.9. The first-order valence-electron chi connectivity index (χ1n) is 8.91. The Labute approximate surface area is 135 Å². The third-order valence-electron chi connectivity index (χ3n) is 3.45. The van der Waals surface area contributed by atoms with E-state index in [1.165, 1.54) is 51.4 Å². The number of unbranched alkanes of at least 4 members (excludes halogenated alkanes) is 9. The predicted octanol–water partition coefficient (Wildman–Crippen LogP) is 4.65. The molecule has 0 saturated carbocycles. The van der Waals surface area contributed by atoms with E-state index in [0.29, 0.717) is 6.61 Å². The van der Waals surface area contributed by atoms with Crippen molar-refractivity contribution in [2.75, 3.05) is 13.2 Å².